The molecule has 8 aromatic rings. The summed E-state index contributed by atoms with van der Waals surface area (Å²) in [5.41, 5.74) is 5.43. The maximum absolute atomic E-state index is 13.1. The van der Waals surface area contributed by atoms with Gasteiger partial charge in [-0.1, -0.05) is 107 Å². The van der Waals surface area contributed by atoms with Crippen molar-refractivity contribution in [2.24, 2.45) is 0 Å². The van der Waals surface area contributed by atoms with Gasteiger partial charge >= 0.3 is 0 Å². The van der Waals surface area contributed by atoms with Crippen LogP contribution in [0, 0.1) is 17.5 Å². The van der Waals surface area contributed by atoms with E-state index in [-0.39, 0.29) is 28.0 Å². The Bertz CT molecular complexity index is 3080. The Morgan fingerprint density at radius 2 is 1.11 bits per heavy atom. The molecule has 0 unspecified atom stereocenters. The van der Waals surface area contributed by atoms with Gasteiger partial charge in [-0.2, -0.15) is 0 Å². The van der Waals surface area contributed by atoms with Gasteiger partial charge in [-0.3, -0.25) is 9.44 Å². The van der Waals surface area contributed by atoms with Crippen LogP contribution in [-0.2, 0) is 30.9 Å². The molecule has 21 heteroatoms. The number of aromatic nitrogens is 8. The van der Waals surface area contributed by atoms with Gasteiger partial charge in [-0.25, -0.2) is 36.2 Å². The summed E-state index contributed by atoms with van der Waals surface area (Å²) in [5.74, 6) is 0.317. The molecule has 16 nitrogen and oxygen atoms in total. The van der Waals surface area contributed by atoms with E-state index in [0.29, 0.717) is 50.1 Å². The second-order valence-electron chi connectivity index (χ2n) is 16.4. The third kappa shape index (κ3) is 12.4. The second-order valence-corrected chi connectivity index (χ2v) is 21.7. The van der Waals surface area contributed by atoms with Crippen molar-refractivity contribution in [3.63, 3.8) is 0 Å². The molecule has 0 amide bonds. The SMILES string of the molecule is C.Cc1c(-c2ncco2)nnn1-c1cc(Cl)ccc1NS(=O)(=O)c1ccc(C(C)(C)C)cc1.Cc1c(I)nnn1-c1cc(Cl)ccc1NS(=O)(=O)c1ccc(C(C)(C)C)cc1.c1cocn1. The Morgan fingerprint density at radius 1 is 0.636 bits per heavy atom. The Balaban J connectivity index is 0.000000222. The van der Waals surface area contributed by atoms with Crippen molar-refractivity contribution in [3.05, 3.63) is 153 Å². The number of hydrogen-bond donors (Lipinski definition) is 2. The minimum Gasteiger partial charge on any atom is -0.452 e. The summed E-state index contributed by atoms with van der Waals surface area (Å²) in [6, 6.07) is 23.4. The van der Waals surface area contributed by atoms with Crippen LogP contribution in [-0.4, -0.2) is 56.8 Å². The zero-order valence-corrected chi connectivity index (χ0v) is 41.7. The molecule has 0 fully saturated rings. The lowest BCUT2D eigenvalue weighted by molar-refractivity contribution is 0.558. The van der Waals surface area contributed by atoms with Gasteiger partial charge in [0.2, 0.25) is 5.89 Å². The first-order chi connectivity index (χ1) is 30.5. The molecule has 348 valence electrons. The Morgan fingerprint density at radius 3 is 1.47 bits per heavy atom. The van der Waals surface area contributed by atoms with Crippen LogP contribution in [0.2, 0.25) is 10.0 Å². The molecule has 0 bridgehead atoms. The zero-order valence-electron chi connectivity index (χ0n) is 36.4. The van der Waals surface area contributed by atoms with Gasteiger partial charge in [0.05, 0.1) is 56.3 Å². The molecule has 2 N–H and O–H groups in total. The molecule has 66 heavy (non-hydrogen) atoms. The number of halogens is 3. The standard InChI is InChI=1S/C22H22ClN5O3S.C19H20ClIN4O2S.C3H3NO.CH4/c1-14-20(21-24-11-12-31-21)25-27-28(14)19-13-16(23)7-10-18(19)26-32(29,30)17-8-5-15(6-9-17)22(2,3)4;1-12-18(21)22-24-25(12)17-11-14(20)7-10-16(17)23-28(26,27)15-8-5-13(6-9-15)19(2,3)4;1-2-5-3-4-1;/h5-13,26H,1-4H3;5-11,23H,1-4H3;1-3H;1H4. The van der Waals surface area contributed by atoms with Gasteiger partial charge in [0.25, 0.3) is 20.0 Å². The van der Waals surface area contributed by atoms with Crippen molar-refractivity contribution in [3.8, 4) is 23.0 Å². The fourth-order valence-electron chi connectivity index (χ4n) is 6.02. The number of nitrogens with one attached hydrogen (secondary N) is 2. The number of rotatable bonds is 9. The molecule has 4 aromatic carbocycles. The average Bonchev–Trinajstić information content (AvgIpc) is 4.10. The highest BCUT2D eigenvalue weighted by Crippen LogP contribution is 2.32. The summed E-state index contributed by atoms with van der Waals surface area (Å²) in [6.07, 6.45) is 7.43. The smallest absolute Gasteiger partial charge is 0.261 e. The van der Waals surface area contributed by atoms with E-state index in [1.54, 1.807) is 78.5 Å². The van der Waals surface area contributed by atoms with Crippen LogP contribution in [0.5, 0.6) is 0 Å². The van der Waals surface area contributed by atoms with Gasteiger partial charge in [0.1, 0.15) is 16.2 Å². The van der Waals surface area contributed by atoms with Crippen LogP contribution < -0.4 is 9.44 Å². The molecule has 8 rings (SSSR count). The van der Waals surface area contributed by atoms with Crippen LogP contribution in [0.25, 0.3) is 23.0 Å². The van der Waals surface area contributed by atoms with Crippen LogP contribution in [0.1, 0.15) is 71.5 Å². The molecule has 0 saturated heterocycles. The molecular weight excluding hydrogens is 1040 g/mol. The van der Waals surface area contributed by atoms with Crippen LogP contribution in [0.3, 0.4) is 0 Å². The Hall–Kier alpha value is -5.61. The fourth-order valence-corrected chi connectivity index (χ4v) is 8.83. The summed E-state index contributed by atoms with van der Waals surface area (Å²) < 4.78 is 70.9. The molecule has 0 atom stereocenters. The van der Waals surface area contributed by atoms with E-state index in [1.807, 2.05) is 31.2 Å². The van der Waals surface area contributed by atoms with Crippen LogP contribution >= 0.6 is 45.8 Å². The first-order valence-corrected chi connectivity index (χ1v) is 24.4. The molecule has 0 radical (unpaired) electrons. The summed E-state index contributed by atoms with van der Waals surface area (Å²) >= 11 is 14.4. The highest BCUT2D eigenvalue weighted by Gasteiger charge is 2.24. The lowest BCUT2D eigenvalue weighted by Gasteiger charge is -2.19. The van der Waals surface area contributed by atoms with Gasteiger partial charge in [0.15, 0.2) is 12.1 Å². The number of sulfonamides is 2. The first kappa shape index (κ1) is 51.4. The number of hydrogen-bond acceptors (Lipinski definition) is 12. The quantitative estimate of drug-likeness (QED) is 0.130. The van der Waals surface area contributed by atoms with Crippen LogP contribution in [0.4, 0.5) is 11.4 Å². The van der Waals surface area contributed by atoms with Gasteiger partial charge in [-0.05, 0) is 119 Å². The normalized spacial score (nSPS) is 11.7. The van der Waals surface area contributed by atoms with E-state index < -0.39 is 20.0 Å². The number of oxazole rings is 2. The van der Waals surface area contributed by atoms with Crippen molar-refractivity contribution in [2.45, 2.75) is 83.4 Å². The van der Waals surface area contributed by atoms with Crippen molar-refractivity contribution < 1.29 is 25.7 Å². The highest BCUT2D eigenvalue weighted by atomic mass is 127. The van der Waals surface area contributed by atoms with E-state index in [2.05, 4.69) is 109 Å². The topological polar surface area (TPSA) is 206 Å². The van der Waals surface area contributed by atoms with Crippen molar-refractivity contribution >= 4 is 77.2 Å². The van der Waals surface area contributed by atoms with E-state index in [1.165, 1.54) is 29.8 Å². The van der Waals surface area contributed by atoms with E-state index in [4.69, 9.17) is 27.6 Å². The number of benzene rings is 4. The van der Waals surface area contributed by atoms with E-state index in [0.717, 1.165) is 20.5 Å². The van der Waals surface area contributed by atoms with Gasteiger partial charge < -0.3 is 8.83 Å². The molecular formula is C45H49Cl2IN10O6S2. The summed E-state index contributed by atoms with van der Waals surface area (Å²) in [5, 5.41) is 17.3. The summed E-state index contributed by atoms with van der Waals surface area (Å²) in [6.45, 7) is 16.1. The lowest BCUT2D eigenvalue weighted by atomic mass is 9.87. The minimum absolute atomic E-state index is 0. The van der Waals surface area contributed by atoms with Gasteiger partial charge in [0, 0.05) is 10.0 Å². The molecule has 0 saturated carbocycles. The fraction of sp³-hybridized carbons (Fsp3) is 0.244. The summed E-state index contributed by atoms with van der Waals surface area (Å²) in [4.78, 5) is 7.99. The molecule has 4 aromatic heterocycles. The monoisotopic (exact) mass is 1090 g/mol. The largest absolute Gasteiger partial charge is 0.452 e. The molecule has 0 aliphatic carbocycles. The highest BCUT2D eigenvalue weighted by molar-refractivity contribution is 14.1. The maximum atomic E-state index is 13.1. The molecule has 0 aliphatic heterocycles. The third-order valence-electron chi connectivity index (χ3n) is 9.64. The van der Waals surface area contributed by atoms with Crippen LogP contribution in [0.15, 0.2) is 135 Å². The predicted molar refractivity (Wildman–Crippen MR) is 266 cm³/mol. The maximum Gasteiger partial charge on any atom is 0.261 e. The summed E-state index contributed by atoms with van der Waals surface area (Å²) in [7, 11) is -7.64. The van der Waals surface area contributed by atoms with Crippen molar-refractivity contribution in [1.82, 2.24) is 40.0 Å². The minimum atomic E-state index is -3.85. The average molecular weight is 1090 g/mol. The van der Waals surface area contributed by atoms with E-state index in [9.17, 15) is 16.8 Å². The van der Waals surface area contributed by atoms with Crippen molar-refractivity contribution in [2.75, 3.05) is 9.44 Å². The Labute approximate surface area is 408 Å². The molecule has 0 aliphatic rings. The van der Waals surface area contributed by atoms with Gasteiger partial charge in [-0.15, -0.1) is 10.2 Å². The number of anilines is 2. The molecule has 0 spiro atoms. The lowest BCUT2D eigenvalue weighted by Crippen LogP contribution is -2.16. The number of nitrogens with zero attached hydrogens (tertiary/aromatic N) is 8. The second kappa shape index (κ2) is 20.9. The Kier molecular flexibility index (Phi) is 16.3. The predicted octanol–water partition coefficient (Wildman–Crippen LogP) is 11.2. The zero-order chi connectivity index (χ0) is 47.3. The molecule has 4 heterocycles. The van der Waals surface area contributed by atoms with Crippen molar-refractivity contribution in [1.29, 1.82) is 0 Å². The van der Waals surface area contributed by atoms with E-state index >= 15 is 0 Å². The third-order valence-corrected chi connectivity index (χ3v) is 13.9. The first-order valence-electron chi connectivity index (χ1n) is 19.6.